The molecule has 21 heavy (non-hydrogen) atoms. The predicted molar refractivity (Wildman–Crippen MR) is 86.9 cm³/mol. The highest BCUT2D eigenvalue weighted by Gasteiger charge is 2.26. The molecule has 128 valence electrons. The quantitative estimate of drug-likeness (QED) is 0.223. The molecule has 0 aromatic rings. The number of halogens is 3. The summed E-state index contributed by atoms with van der Waals surface area (Å²) in [7, 11) is -3.53. The molecule has 5 nitrogen and oxygen atoms in total. The zero-order chi connectivity index (χ0) is 15.8. The van der Waals surface area contributed by atoms with Crippen molar-refractivity contribution >= 4 is 42.6 Å². The summed E-state index contributed by atoms with van der Waals surface area (Å²) in [6.07, 6.45) is 2.57. The third kappa shape index (κ3) is 14.3. The highest BCUT2D eigenvalue weighted by molar-refractivity contribution is 7.48. The molecule has 0 amide bonds. The Morgan fingerprint density at radius 1 is 0.619 bits per heavy atom. The first-order valence-corrected chi connectivity index (χ1v) is 10.0. The topological polar surface area (TPSA) is 54.0 Å². The summed E-state index contributed by atoms with van der Waals surface area (Å²) in [6, 6.07) is 0. The molecular formula is C12H24Cl3O5P. The molecule has 0 unspecified atom stereocenters. The molecule has 0 N–H and O–H groups in total. The lowest BCUT2D eigenvalue weighted by Crippen LogP contribution is -2.06. The molecule has 0 bridgehead atoms. The number of ether oxygens (including phenoxy) is 1. The van der Waals surface area contributed by atoms with E-state index in [2.05, 4.69) is 0 Å². The van der Waals surface area contributed by atoms with Gasteiger partial charge in [-0.15, -0.1) is 34.8 Å². The minimum absolute atomic E-state index is 0.230. The fourth-order valence-electron chi connectivity index (χ4n) is 1.17. The third-order valence-electron chi connectivity index (χ3n) is 2.16. The Kier molecular flexibility index (Phi) is 16.5. The summed E-state index contributed by atoms with van der Waals surface area (Å²) in [5, 5.41) is 0. The van der Waals surface area contributed by atoms with Crippen molar-refractivity contribution in [2.75, 3.05) is 50.7 Å². The molecule has 0 aliphatic rings. The largest absolute Gasteiger partial charge is 0.474 e. The highest BCUT2D eigenvalue weighted by atomic mass is 35.5. The number of rotatable bonds is 16. The number of phosphoric ester groups is 1. The molecule has 0 radical (unpaired) electrons. The van der Waals surface area contributed by atoms with Crippen LogP contribution in [0.1, 0.15) is 25.7 Å². The van der Waals surface area contributed by atoms with Gasteiger partial charge in [-0.1, -0.05) is 0 Å². The molecule has 0 saturated carbocycles. The van der Waals surface area contributed by atoms with Crippen molar-refractivity contribution in [2.45, 2.75) is 25.7 Å². The minimum atomic E-state index is -3.53. The van der Waals surface area contributed by atoms with Crippen LogP contribution in [-0.2, 0) is 22.9 Å². The van der Waals surface area contributed by atoms with Crippen LogP contribution in [0.15, 0.2) is 0 Å². The Morgan fingerprint density at radius 3 is 1.48 bits per heavy atom. The van der Waals surface area contributed by atoms with E-state index in [0.29, 0.717) is 50.1 Å². The highest BCUT2D eigenvalue weighted by Crippen LogP contribution is 2.49. The van der Waals surface area contributed by atoms with Crippen LogP contribution in [0, 0.1) is 0 Å². The van der Waals surface area contributed by atoms with Gasteiger partial charge in [0, 0.05) is 30.9 Å². The Hall–Kier alpha value is 0.940. The molecule has 0 heterocycles. The van der Waals surface area contributed by atoms with Gasteiger partial charge in [0.1, 0.15) is 0 Å². The number of alkyl halides is 3. The average molecular weight is 386 g/mol. The summed E-state index contributed by atoms with van der Waals surface area (Å²) in [6.45, 7) is 1.82. The van der Waals surface area contributed by atoms with Crippen LogP contribution in [-0.4, -0.2) is 50.7 Å². The van der Waals surface area contributed by atoms with Crippen molar-refractivity contribution < 1.29 is 22.9 Å². The zero-order valence-corrected chi connectivity index (χ0v) is 15.3. The monoisotopic (exact) mass is 384 g/mol. The molecule has 0 atom stereocenters. The van der Waals surface area contributed by atoms with E-state index < -0.39 is 7.82 Å². The van der Waals surface area contributed by atoms with Gasteiger partial charge in [0.05, 0.1) is 19.8 Å². The first-order valence-electron chi connectivity index (χ1n) is 6.98. The van der Waals surface area contributed by atoms with Gasteiger partial charge >= 0.3 is 7.82 Å². The van der Waals surface area contributed by atoms with Gasteiger partial charge in [-0.05, 0) is 25.7 Å². The molecule has 9 heteroatoms. The summed E-state index contributed by atoms with van der Waals surface area (Å²) in [5.41, 5.74) is 0. The standard InChI is InChI=1S/C12H24Cl3O5P/c13-5-1-8-17-9-4-12-20-21(16,18-10-2-6-14)19-11-3-7-15/h1-12H2. The van der Waals surface area contributed by atoms with Crippen molar-refractivity contribution in [2.24, 2.45) is 0 Å². The first-order chi connectivity index (χ1) is 10.2. The van der Waals surface area contributed by atoms with Gasteiger partial charge < -0.3 is 4.74 Å². The molecular weight excluding hydrogens is 361 g/mol. The van der Waals surface area contributed by atoms with Crippen LogP contribution in [0.3, 0.4) is 0 Å². The zero-order valence-electron chi connectivity index (χ0n) is 12.1. The summed E-state index contributed by atoms with van der Waals surface area (Å²) in [5.74, 6) is 1.43. The second-order valence-electron chi connectivity index (χ2n) is 4.04. The molecule has 0 aromatic carbocycles. The Bertz CT molecular complexity index is 257. The van der Waals surface area contributed by atoms with Gasteiger partial charge in [-0.25, -0.2) is 4.57 Å². The Morgan fingerprint density at radius 2 is 1.00 bits per heavy atom. The van der Waals surface area contributed by atoms with E-state index >= 15 is 0 Å². The van der Waals surface area contributed by atoms with Gasteiger partial charge in [0.25, 0.3) is 0 Å². The molecule has 0 aliphatic carbocycles. The van der Waals surface area contributed by atoms with E-state index in [1.165, 1.54) is 0 Å². The second kappa shape index (κ2) is 15.8. The summed E-state index contributed by atoms with van der Waals surface area (Å²) in [4.78, 5) is 0. The SMILES string of the molecule is O=P(OCCCCl)(OCCCCl)OCCCOCCCCl. The van der Waals surface area contributed by atoms with Gasteiger partial charge in [-0.2, -0.15) is 0 Å². The average Bonchev–Trinajstić information content (AvgIpc) is 2.47. The predicted octanol–water partition coefficient (Wildman–Crippen LogP) is 4.44. The fraction of sp³-hybridized carbons (Fsp3) is 1.00. The van der Waals surface area contributed by atoms with E-state index in [0.717, 1.165) is 6.42 Å². The third-order valence-corrected chi connectivity index (χ3v) is 4.46. The van der Waals surface area contributed by atoms with Gasteiger partial charge in [0.15, 0.2) is 0 Å². The number of hydrogen-bond acceptors (Lipinski definition) is 5. The van der Waals surface area contributed by atoms with E-state index in [1.807, 2.05) is 0 Å². The second-order valence-corrected chi connectivity index (χ2v) is 6.84. The van der Waals surface area contributed by atoms with Crippen LogP contribution >= 0.6 is 42.6 Å². The van der Waals surface area contributed by atoms with E-state index in [-0.39, 0.29) is 19.8 Å². The number of phosphoric acid groups is 1. The maximum absolute atomic E-state index is 12.3. The maximum Gasteiger partial charge on any atom is 0.474 e. The summed E-state index contributed by atoms with van der Waals surface area (Å²) >= 11 is 16.6. The minimum Gasteiger partial charge on any atom is -0.381 e. The molecule has 0 fully saturated rings. The van der Waals surface area contributed by atoms with E-state index in [9.17, 15) is 4.57 Å². The number of hydrogen-bond donors (Lipinski definition) is 0. The lowest BCUT2D eigenvalue weighted by molar-refractivity contribution is 0.0898. The van der Waals surface area contributed by atoms with Crippen molar-refractivity contribution in [3.63, 3.8) is 0 Å². The van der Waals surface area contributed by atoms with Crippen molar-refractivity contribution in [3.8, 4) is 0 Å². The lowest BCUT2D eigenvalue weighted by Gasteiger charge is -2.17. The smallest absolute Gasteiger partial charge is 0.381 e. The van der Waals surface area contributed by atoms with Crippen LogP contribution < -0.4 is 0 Å². The molecule has 0 saturated heterocycles. The van der Waals surface area contributed by atoms with E-state index in [4.69, 9.17) is 53.1 Å². The van der Waals surface area contributed by atoms with Gasteiger partial charge in [0.2, 0.25) is 0 Å². The van der Waals surface area contributed by atoms with Crippen LogP contribution in [0.5, 0.6) is 0 Å². The van der Waals surface area contributed by atoms with Crippen LogP contribution in [0.2, 0.25) is 0 Å². The maximum atomic E-state index is 12.3. The molecule has 0 aliphatic heterocycles. The lowest BCUT2D eigenvalue weighted by atomic mass is 10.5. The van der Waals surface area contributed by atoms with Crippen LogP contribution in [0.25, 0.3) is 0 Å². The fourth-order valence-corrected chi connectivity index (χ4v) is 2.78. The van der Waals surface area contributed by atoms with Crippen molar-refractivity contribution in [1.29, 1.82) is 0 Å². The summed E-state index contributed by atoms with van der Waals surface area (Å²) < 4.78 is 33.2. The van der Waals surface area contributed by atoms with Crippen molar-refractivity contribution in [1.82, 2.24) is 0 Å². The van der Waals surface area contributed by atoms with E-state index in [1.54, 1.807) is 0 Å². The normalized spacial score (nSPS) is 12.0. The van der Waals surface area contributed by atoms with Gasteiger partial charge in [-0.3, -0.25) is 13.6 Å². The van der Waals surface area contributed by atoms with Crippen molar-refractivity contribution in [3.05, 3.63) is 0 Å². The Labute approximate surface area is 142 Å². The first kappa shape index (κ1) is 21.9. The molecule has 0 rings (SSSR count). The Balaban J connectivity index is 3.88. The van der Waals surface area contributed by atoms with Crippen LogP contribution in [0.4, 0.5) is 0 Å². The molecule has 0 aromatic heterocycles. The molecule has 0 spiro atoms.